The van der Waals surface area contributed by atoms with Crippen molar-refractivity contribution in [3.8, 4) is 0 Å². The van der Waals surface area contributed by atoms with Crippen molar-refractivity contribution in [2.24, 2.45) is 0 Å². The van der Waals surface area contributed by atoms with Crippen LogP contribution in [0.2, 0.25) is 0 Å². The lowest BCUT2D eigenvalue weighted by Gasteiger charge is -2.31. The number of nitrogens with zero attached hydrogens (tertiary/aromatic N) is 3. The minimum absolute atomic E-state index is 0.166. The van der Waals surface area contributed by atoms with Crippen LogP contribution in [0.4, 0.5) is 11.5 Å². The van der Waals surface area contributed by atoms with Gasteiger partial charge >= 0.3 is 0 Å². The molecule has 1 aromatic carbocycles. The Morgan fingerprint density at radius 3 is 2.60 bits per heavy atom. The Bertz CT molecular complexity index is 794. The Hall–Kier alpha value is -2.12. The number of anilines is 2. The molecule has 1 atom stereocenters. The Morgan fingerprint density at radius 1 is 1.24 bits per heavy atom. The molecule has 134 valence electrons. The molecule has 0 radical (unpaired) electrons. The quantitative estimate of drug-likeness (QED) is 0.884. The monoisotopic (exact) mass is 361 g/mol. The minimum atomic E-state index is -3.66. The number of aliphatic hydroxyl groups is 1. The molecule has 0 aliphatic carbocycles. The van der Waals surface area contributed by atoms with Gasteiger partial charge in [-0.3, -0.25) is 4.31 Å². The van der Waals surface area contributed by atoms with Gasteiger partial charge in [0.25, 0.3) is 10.0 Å². The van der Waals surface area contributed by atoms with Crippen molar-refractivity contribution in [1.29, 1.82) is 0 Å². The van der Waals surface area contributed by atoms with E-state index in [9.17, 15) is 13.5 Å². The van der Waals surface area contributed by atoms with Crippen molar-refractivity contribution < 1.29 is 13.5 Å². The van der Waals surface area contributed by atoms with E-state index < -0.39 is 10.0 Å². The zero-order valence-electron chi connectivity index (χ0n) is 14.2. The number of β-amino-alcohol motifs (C(OH)–C–C–N with tert-alkyl or cyclic N) is 1. The number of aliphatic hydroxyl groups excluding tert-OH is 1. The molecule has 3 rings (SSSR count). The van der Waals surface area contributed by atoms with Gasteiger partial charge < -0.3 is 10.0 Å². The standard InChI is InChI=1S/C18H23N3O3S/c1-2-21(15-7-4-3-5-8-15)25(23,24)17-10-11-18(19-13-17)20-12-6-9-16(22)14-20/h3-5,7-8,10-11,13,16,22H,2,6,9,12,14H2,1H3/t16-/m1/s1. The highest BCUT2D eigenvalue weighted by molar-refractivity contribution is 7.92. The van der Waals surface area contributed by atoms with Crippen LogP contribution in [0.25, 0.3) is 0 Å². The number of sulfonamides is 1. The van der Waals surface area contributed by atoms with Gasteiger partial charge in [-0.05, 0) is 44.0 Å². The molecule has 1 fully saturated rings. The van der Waals surface area contributed by atoms with Crippen molar-refractivity contribution in [2.45, 2.75) is 30.8 Å². The highest BCUT2D eigenvalue weighted by Crippen LogP contribution is 2.24. The Balaban J connectivity index is 1.85. The lowest BCUT2D eigenvalue weighted by atomic mass is 10.1. The van der Waals surface area contributed by atoms with E-state index in [1.165, 1.54) is 10.5 Å². The zero-order valence-corrected chi connectivity index (χ0v) is 15.1. The second kappa shape index (κ2) is 7.41. The first-order valence-electron chi connectivity index (χ1n) is 8.49. The lowest BCUT2D eigenvalue weighted by Crippen LogP contribution is -2.38. The first-order chi connectivity index (χ1) is 12.0. The van der Waals surface area contributed by atoms with Gasteiger partial charge in [-0.1, -0.05) is 18.2 Å². The van der Waals surface area contributed by atoms with Gasteiger partial charge in [-0.2, -0.15) is 0 Å². The van der Waals surface area contributed by atoms with Crippen molar-refractivity contribution in [3.05, 3.63) is 48.7 Å². The Kier molecular flexibility index (Phi) is 5.24. The maximum atomic E-state index is 12.9. The summed E-state index contributed by atoms with van der Waals surface area (Å²) in [6.45, 7) is 3.50. The third-order valence-corrected chi connectivity index (χ3v) is 6.25. The molecule has 2 heterocycles. The molecule has 0 amide bonds. The minimum Gasteiger partial charge on any atom is -0.391 e. The van der Waals surface area contributed by atoms with E-state index in [1.54, 1.807) is 24.3 Å². The van der Waals surface area contributed by atoms with Crippen LogP contribution < -0.4 is 9.21 Å². The van der Waals surface area contributed by atoms with Crippen LogP contribution in [0.3, 0.4) is 0 Å². The largest absolute Gasteiger partial charge is 0.391 e. The van der Waals surface area contributed by atoms with E-state index in [-0.39, 0.29) is 11.0 Å². The van der Waals surface area contributed by atoms with Gasteiger partial charge in [0.2, 0.25) is 0 Å². The molecule has 6 nitrogen and oxygen atoms in total. The summed E-state index contributed by atoms with van der Waals surface area (Å²) in [6.07, 6.45) is 2.75. The van der Waals surface area contributed by atoms with Crippen LogP contribution in [0.5, 0.6) is 0 Å². The summed E-state index contributed by atoms with van der Waals surface area (Å²) in [7, 11) is -3.66. The lowest BCUT2D eigenvalue weighted by molar-refractivity contribution is 0.154. The van der Waals surface area contributed by atoms with Crippen LogP contribution in [0.1, 0.15) is 19.8 Å². The molecular weight excluding hydrogens is 338 g/mol. The molecule has 0 bridgehead atoms. The highest BCUT2D eigenvalue weighted by atomic mass is 32.2. The number of benzene rings is 1. The predicted molar refractivity (Wildman–Crippen MR) is 98.3 cm³/mol. The maximum absolute atomic E-state index is 12.9. The highest BCUT2D eigenvalue weighted by Gasteiger charge is 2.25. The molecule has 1 saturated heterocycles. The van der Waals surface area contributed by atoms with Crippen LogP contribution in [0.15, 0.2) is 53.6 Å². The topological polar surface area (TPSA) is 73.7 Å². The van der Waals surface area contributed by atoms with E-state index in [2.05, 4.69) is 4.98 Å². The summed E-state index contributed by atoms with van der Waals surface area (Å²) in [4.78, 5) is 6.47. The molecule has 0 saturated carbocycles. The molecule has 7 heteroatoms. The molecule has 1 N–H and O–H groups in total. The Morgan fingerprint density at radius 2 is 2.00 bits per heavy atom. The zero-order chi connectivity index (χ0) is 17.9. The number of pyridine rings is 1. The summed E-state index contributed by atoms with van der Waals surface area (Å²) < 4.78 is 27.2. The maximum Gasteiger partial charge on any atom is 0.265 e. The molecular formula is C18H23N3O3S. The molecule has 25 heavy (non-hydrogen) atoms. The number of piperidine rings is 1. The fourth-order valence-electron chi connectivity index (χ4n) is 3.09. The normalized spacial score (nSPS) is 18.2. The fourth-order valence-corrected chi connectivity index (χ4v) is 4.51. The first-order valence-corrected chi connectivity index (χ1v) is 9.93. The van der Waals surface area contributed by atoms with E-state index in [4.69, 9.17) is 0 Å². The van der Waals surface area contributed by atoms with Crippen molar-refractivity contribution in [1.82, 2.24) is 4.98 Å². The van der Waals surface area contributed by atoms with Gasteiger partial charge in [-0.15, -0.1) is 0 Å². The van der Waals surface area contributed by atoms with Crippen LogP contribution >= 0.6 is 0 Å². The third-order valence-electron chi connectivity index (χ3n) is 4.36. The number of rotatable bonds is 5. The summed E-state index contributed by atoms with van der Waals surface area (Å²) in [5.74, 6) is 0.695. The third kappa shape index (κ3) is 3.77. The van der Waals surface area contributed by atoms with Crippen molar-refractivity contribution >= 4 is 21.5 Å². The number of para-hydroxylation sites is 1. The Labute approximate surface area is 148 Å². The average molecular weight is 361 g/mol. The van der Waals surface area contributed by atoms with Crippen molar-refractivity contribution in [3.63, 3.8) is 0 Å². The van der Waals surface area contributed by atoms with E-state index in [1.807, 2.05) is 30.0 Å². The predicted octanol–water partition coefficient (Wildman–Crippen LogP) is 2.26. The number of hydrogen-bond donors (Lipinski definition) is 1. The summed E-state index contributed by atoms with van der Waals surface area (Å²) in [6, 6.07) is 12.3. The summed E-state index contributed by atoms with van der Waals surface area (Å²) >= 11 is 0. The van der Waals surface area contributed by atoms with Gasteiger partial charge in [-0.25, -0.2) is 13.4 Å². The summed E-state index contributed by atoms with van der Waals surface area (Å²) in [5, 5.41) is 9.78. The van der Waals surface area contributed by atoms with E-state index >= 15 is 0 Å². The number of aromatic nitrogens is 1. The molecule has 1 aromatic heterocycles. The fraction of sp³-hybridized carbons (Fsp3) is 0.389. The van der Waals surface area contributed by atoms with Gasteiger partial charge in [0.1, 0.15) is 10.7 Å². The molecule has 0 unspecified atom stereocenters. The number of hydrogen-bond acceptors (Lipinski definition) is 5. The molecule has 1 aliphatic rings. The van der Waals surface area contributed by atoms with Gasteiger partial charge in [0, 0.05) is 25.8 Å². The molecule has 1 aliphatic heterocycles. The smallest absolute Gasteiger partial charge is 0.265 e. The summed E-state index contributed by atoms with van der Waals surface area (Å²) in [5.41, 5.74) is 0.633. The second-order valence-corrected chi connectivity index (χ2v) is 7.96. The molecule has 0 spiro atoms. The van der Waals surface area contributed by atoms with Crippen molar-refractivity contribution in [2.75, 3.05) is 28.8 Å². The molecule has 2 aromatic rings. The van der Waals surface area contributed by atoms with E-state index in [0.29, 0.717) is 24.6 Å². The van der Waals surface area contributed by atoms with E-state index in [0.717, 1.165) is 19.4 Å². The van der Waals surface area contributed by atoms with Gasteiger partial charge in [0.05, 0.1) is 11.8 Å². The first kappa shape index (κ1) is 17.7. The SMILES string of the molecule is CCN(c1ccccc1)S(=O)(=O)c1ccc(N2CCC[C@@H](O)C2)nc1. The second-order valence-electron chi connectivity index (χ2n) is 6.10. The van der Waals surface area contributed by atoms with Crippen LogP contribution in [-0.2, 0) is 10.0 Å². The average Bonchev–Trinajstić information content (AvgIpc) is 2.63. The van der Waals surface area contributed by atoms with Crippen LogP contribution in [0, 0.1) is 0 Å². The van der Waals surface area contributed by atoms with Crippen LogP contribution in [-0.4, -0.2) is 44.2 Å². The van der Waals surface area contributed by atoms with Gasteiger partial charge in [0.15, 0.2) is 0 Å².